The van der Waals surface area contributed by atoms with Gasteiger partial charge in [0.25, 0.3) is 0 Å². The Bertz CT molecular complexity index is 407. The van der Waals surface area contributed by atoms with E-state index in [-0.39, 0.29) is 11.3 Å². The van der Waals surface area contributed by atoms with Gasteiger partial charge in [0, 0.05) is 18.2 Å². The minimum absolute atomic E-state index is 0.165. The van der Waals surface area contributed by atoms with E-state index in [1.165, 1.54) is 19.3 Å². The minimum atomic E-state index is -0.165. The monoisotopic (exact) mass is 250 g/mol. The van der Waals surface area contributed by atoms with E-state index in [1.807, 2.05) is 0 Å². The van der Waals surface area contributed by atoms with Crippen LogP contribution in [0.4, 0.5) is 5.69 Å². The molecule has 100 valence electrons. The summed E-state index contributed by atoms with van der Waals surface area (Å²) in [5, 5.41) is 7.09. The van der Waals surface area contributed by atoms with Gasteiger partial charge in [-0.3, -0.25) is 9.48 Å². The number of anilines is 1. The number of carbonyl (C=O) groups is 1. The van der Waals surface area contributed by atoms with Gasteiger partial charge in [0.2, 0.25) is 5.91 Å². The third kappa shape index (κ3) is 3.03. The molecular weight excluding hydrogens is 228 g/mol. The Morgan fingerprint density at radius 3 is 2.83 bits per heavy atom. The van der Waals surface area contributed by atoms with Crippen LogP contribution in [0.5, 0.6) is 0 Å². The summed E-state index contributed by atoms with van der Waals surface area (Å²) in [7, 11) is 0. The van der Waals surface area contributed by atoms with Crippen molar-refractivity contribution in [3.8, 4) is 0 Å². The number of nitrogens with two attached hydrogens (primary N) is 1. The molecule has 5 heteroatoms. The molecule has 18 heavy (non-hydrogen) atoms. The summed E-state index contributed by atoms with van der Waals surface area (Å²) in [6.07, 6.45) is 8.99. The lowest BCUT2D eigenvalue weighted by molar-refractivity contribution is -0.131. The van der Waals surface area contributed by atoms with Crippen LogP contribution in [-0.4, -0.2) is 22.2 Å². The van der Waals surface area contributed by atoms with E-state index in [4.69, 9.17) is 5.73 Å². The van der Waals surface area contributed by atoms with Gasteiger partial charge in [-0.25, -0.2) is 0 Å². The van der Waals surface area contributed by atoms with Crippen molar-refractivity contribution in [1.29, 1.82) is 0 Å². The Labute approximate surface area is 108 Å². The molecule has 2 rings (SSSR count). The van der Waals surface area contributed by atoms with Crippen molar-refractivity contribution >= 4 is 11.6 Å². The Kier molecular flexibility index (Phi) is 3.89. The topological polar surface area (TPSA) is 72.9 Å². The molecule has 0 saturated heterocycles. The van der Waals surface area contributed by atoms with E-state index in [2.05, 4.69) is 17.3 Å². The highest BCUT2D eigenvalue weighted by Gasteiger charge is 2.33. The Balaban J connectivity index is 1.77. The average Bonchev–Trinajstić information content (AvgIpc) is 2.76. The van der Waals surface area contributed by atoms with E-state index in [0.717, 1.165) is 12.8 Å². The van der Waals surface area contributed by atoms with Gasteiger partial charge in [-0.15, -0.1) is 0 Å². The maximum Gasteiger partial charge on any atom is 0.225 e. The number of nitrogens with one attached hydrogen (secondary N) is 1. The van der Waals surface area contributed by atoms with Crippen molar-refractivity contribution < 1.29 is 4.79 Å². The maximum atomic E-state index is 12.1. The van der Waals surface area contributed by atoms with Gasteiger partial charge in [0.15, 0.2) is 0 Å². The Morgan fingerprint density at radius 1 is 1.50 bits per heavy atom. The zero-order valence-electron chi connectivity index (χ0n) is 11.0. The van der Waals surface area contributed by atoms with Gasteiger partial charge >= 0.3 is 0 Å². The van der Waals surface area contributed by atoms with Crippen LogP contribution >= 0.6 is 0 Å². The SMILES string of the molecule is CC1(C(=O)NCCn2cc(N)cn2)CCCCC1. The van der Waals surface area contributed by atoms with Crippen molar-refractivity contribution in [2.45, 2.75) is 45.6 Å². The number of rotatable bonds is 4. The molecule has 0 unspecified atom stereocenters. The van der Waals surface area contributed by atoms with Gasteiger partial charge in [-0.1, -0.05) is 26.2 Å². The lowest BCUT2D eigenvalue weighted by atomic mass is 9.75. The van der Waals surface area contributed by atoms with Crippen LogP contribution in [0.25, 0.3) is 0 Å². The summed E-state index contributed by atoms with van der Waals surface area (Å²) in [6, 6.07) is 0. The van der Waals surface area contributed by atoms with E-state index in [0.29, 0.717) is 18.8 Å². The van der Waals surface area contributed by atoms with Crippen molar-refractivity contribution in [2.24, 2.45) is 5.41 Å². The minimum Gasteiger partial charge on any atom is -0.396 e. The molecule has 5 nitrogen and oxygen atoms in total. The molecule has 1 aliphatic carbocycles. The average molecular weight is 250 g/mol. The van der Waals surface area contributed by atoms with Gasteiger partial charge < -0.3 is 11.1 Å². The highest BCUT2D eigenvalue weighted by Crippen LogP contribution is 2.35. The van der Waals surface area contributed by atoms with Crippen LogP contribution in [0.15, 0.2) is 12.4 Å². The summed E-state index contributed by atoms with van der Waals surface area (Å²) in [6.45, 7) is 3.35. The molecule has 0 aromatic carbocycles. The van der Waals surface area contributed by atoms with Crippen LogP contribution in [0.2, 0.25) is 0 Å². The predicted octanol–water partition coefficient (Wildman–Crippen LogP) is 1.55. The molecule has 1 fully saturated rings. The molecule has 1 aromatic rings. The second kappa shape index (κ2) is 5.42. The van der Waals surface area contributed by atoms with Crippen LogP contribution in [0, 0.1) is 5.41 Å². The first-order chi connectivity index (χ1) is 8.60. The van der Waals surface area contributed by atoms with E-state index < -0.39 is 0 Å². The molecule has 0 bridgehead atoms. The smallest absolute Gasteiger partial charge is 0.225 e. The standard InChI is InChI=1S/C13H22N4O/c1-13(5-3-2-4-6-13)12(18)15-7-8-17-10-11(14)9-16-17/h9-10H,2-8,14H2,1H3,(H,15,18). The summed E-state index contributed by atoms with van der Waals surface area (Å²) >= 11 is 0. The van der Waals surface area contributed by atoms with Gasteiger partial charge in [0.1, 0.15) is 0 Å². The van der Waals surface area contributed by atoms with Gasteiger partial charge in [-0.05, 0) is 12.8 Å². The number of nitrogen functional groups attached to an aromatic ring is 1. The molecule has 0 spiro atoms. The van der Waals surface area contributed by atoms with Crippen LogP contribution in [-0.2, 0) is 11.3 Å². The fraction of sp³-hybridized carbons (Fsp3) is 0.692. The zero-order chi connectivity index (χ0) is 13.0. The Morgan fingerprint density at radius 2 is 2.22 bits per heavy atom. The third-order valence-electron chi connectivity index (χ3n) is 3.78. The van der Waals surface area contributed by atoms with Crippen LogP contribution in [0.1, 0.15) is 39.0 Å². The van der Waals surface area contributed by atoms with Crippen molar-refractivity contribution in [3.05, 3.63) is 12.4 Å². The molecule has 1 aliphatic rings. The lowest BCUT2D eigenvalue weighted by Crippen LogP contribution is -2.41. The first kappa shape index (κ1) is 12.9. The fourth-order valence-corrected chi connectivity index (χ4v) is 2.56. The fourth-order valence-electron chi connectivity index (χ4n) is 2.56. The number of hydrogen-bond acceptors (Lipinski definition) is 3. The first-order valence-electron chi connectivity index (χ1n) is 6.66. The molecule has 0 aliphatic heterocycles. The zero-order valence-corrected chi connectivity index (χ0v) is 11.0. The quantitative estimate of drug-likeness (QED) is 0.851. The summed E-state index contributed by atoms with van der Waals surface area (Å²) in [5.74, 6) is 0.183. The molecule has 1 amide bonds. The predicted molar refractivity (Wildman–Crippen MR) is 70.8 cm³/mol. The first-order valence-corrected chi connectivity index (χ1v) is 6.66. The van der Waals surface area contributed by atoms with Crippen LogP contribution in [0.3, 0.4) is 0 Å². The molecule has 1 heterocycles. The van der Waals surface area contributed by atoms with Gasteiger partial charge in [0.05, 0.1) is 18.4 Å². The molecular formula is C13H22N4O. The largest absolute Gasteiger partial charge is 0.396 e. The normalized spacial score (nSPS) is 18.5. The van der Waals surface area contributed by atoms with Crippen molar-refractivity contribution in [1.82, 2.24) is 15.1 Å². The van der Waals surface area contributed by atoms with Gasteiger partial charge in [-0.2, -0.15) is 5.10 Å². The van der Waals surface area contributed by atoms with Crippen molar-refractivity contribution in [2.75, 3.05) is 12.3 Å². The maximum absolute atomic E-state index is 12.1. The number of nitrogens with zero attached hydrogens (tertiary/aromatic N) is 2. The molecule has 3 N–H and O–H groups in total. The number of amides is 1. The molecule has 1 aromatic heterocycles. The highest BCUT2D eigenvalue weighted by molar-refractivity contribution is 5.82. The summed E-state index contributed by atoms with van der Waals surface area (Å²) in [4.78, 5) is 12.1. The second-order valence-corrected chi connectivity index (χ2v) is 5.41. The molecule has 0 atom stereocenters. The summed E-state index contributed by atoms with van der Waals surface area (Å²) < 4.78 is 1.75. The van der Waals surface area contributed by atoms with E-state index in [9.17, 15) is 4.79 Å². The number of aromatic nitrogens is 2. The lowest BCUT2D eigenvalue weighted by Gasteiger charge is -2.32. The number of hydrogen-bond donors (Lipinski definition) is 2. The van der Waals surface area contributed by atoms with Crippen LogP contribution < -0.4 is 11.1 Å². The van der Waals surface area contributed by atoms with Crippen molar-refractivity contribution in [3.63, 3.8) is 0 Å². The Hall–Kier alpha value is -1.52. The third-order valence-corrected chi connectivity index (χ3v) is 3.78. The molecule has 1 saturated carbocycles. The second-order valence-electron chi connectivity index (χ2n) is 5.41. The highest BCUT2D eigenvalue weighted by atomic mass is 16.2. The van der Waals surface area contributed by atoms with E-state index >= 15 is 0 Å². The molecule has 0 radical (unpaired) electrons. The van der Waals surface area contributed by atoms with E-state index in [1.54, 1.807) is 17.1 Å². The number of carbonyl (C=O) groups excluding carboxylic acids is 1. The summed E-state index contributed by atoms with van der Waals surface area (Å²) in [5.41, 5.74) is 6.07.